The van der Waals surface area contributed by atoms with E-state index in [2.05, 4.69) is 16.0 Å². The highest BCUT2D eigenvalue weighted by molar-refractivity contribution is 6.02. The van der Waals surface area contributed by atoms with Crippen LogP contribution in [0.5, 0.6) is 5.75 Å². The van der Waals surface area contributed by atoms with Crippen molar-refractivity contribution in [3.05, 3.63) is 52.9 Å². The minimum atomic E-state index is -0.294. The third-order valence-corrected chi connectivity index (χ3v) is 5.85. The number of piperidine rings is 1. The second-order valence-corrected chi connectivity index (χ2v) is 8.04. The first-order valence-corrected chi connectivity index (χ1v) is 10.9. The number of aromatic nitrogens is 1. The summed E-state index contributed by atoms with van der Waals surface area (Å²) in [5.41, 5.74) is 3.86. The van der Waals surface area contributed by atoms with Crippen LogP contribution in [-0.2, 0) is 9.59 Å². The lowest BCUT2D eigenvalue weighted by molar-refractivity contribution is -0.129. The van der Waals surface area contributed by atoms with Crippen molar-refractivity contribution < 1.29 is 14.3 Å². The largest absolute Gasteiger partial charge is 0.497 e. The molecular formula is C25H30N4O3. The van der Waals surface area contributed by atoms with Crippen LogP contribution in [0.2, 0.25) is 0 Å². The fourth-order valence-electron chi connectivity index (χ4n) is 4.14. The maximum absolute atomic E-state index is 13.1. The minimum absolute atomic E-state index is 0.0219. The first-order chi connectivity index (χ1) is 15.4. The quantitative estimate of drug-likeness (QED) is 0.557. The van der Waals surface area contributed by atoms with Crippen molar-refractivity contribution in [2.45, 2.75) is 46.1 Å². The van der Waals surface area contributed by atoms with Gasteiger partial charge in [0.15, 0.2) is 0 Å². The molecular weight excluding hydrogens is 404 g/mol. The van der Waals surface area contributed by atoms with Crippen molar-refractivity contribution >= 4 is 17.9 Å². The molecule has 0 radical (unpaired) electrons. The highest BCUT2D eigenvalue weighted by atomic mass is 16.5. The van der Waals surface area contributed by atoms with Gasteiger partial charge in [0.2, 0.25) is 5.91 Å². The van der Waals surface area contributed by atoms with Gasteiger partial charge in [0.05, 0.1) is 7.11 Å². The van der Waals surface area contributed by atoms with Gasteiger partial charge in [-0.3, -0.25) is 9.59 Å². The van der Waals surface area contributed by atoms with Crippen molar-refractivity contribution in [3.63, 3.8) is 0 Å². The van der Waals surface area contributed by atoms with Crippen molar-refractivity contribution in [3.8, 4) is 17.5 Å². The molecule has 1 aliphatic heterocycles. The standard InChI is InChI=1S/C25H30N4O3/c1-5-24(30)27-21-7-6-12-28(16-21)25(31)20(15-26)14-19-13-17(2)29(18(19)3)22-8-10-23(32-4)11-9-22/h8-11,13-14,21H,5-7,12,16H2,1-4H3,(H,27,30)/b20-14-. The summed E-state index contributed by atoms with van der Waals surface area (Å²) in [4.78, 5) is 26.5. The van der Waals surface area contributed by atoms with Crippen LogP contribution in [0, 0.1) is 25.2 Å². The second-order valence-electron chi connectivity index (χ2n) is 8.04. The summed E-state index contributed by atoms with van der Waals surface area (Å²) in [6.07, 6.45) is 3.71. The van der Waals surface area contributed by atoms with E-state index in [1.807, 2.05) is 44.2 Å². The fraction of sp³-hybridized carbons (Fsp3) is 0.400. The number of methoxy groups -OCH3 is 1. The van der Waals surface area contributed by atoms with E-state index < -0.39 is 0 Å². The van der Waals surface area contributed by atoms with Crippen molar-refractivity contribution in [2.75, 3.05) is 20.2 Å². The molecule has 32 heavy (non-hydrogen) atoms. The number of benzene rings is 1. The van der Waals surface area contributed by atoms with Gasteiger partial charge in [0, 0.05) is 42.6 Å². The SMILES string of the molecule is CCC(=O)NC1CCCN(C(=O)/C(C#N)=C\c2cc(C)n(-c3ccc(OC)cc3)c2C)C1. The summed E-state index contributed by atoms with van der Waals surface area (Å²) in [6, 6.07) is 11.7. The molecule has 7 nitrogen and oxygen atoms in total. The van der Waals surface area contributed by atoms with Gasteiger partial charge in [-0.25, -0.2) is 0 Å². The molecule has 168 valence electrons. The number of nitrogens with one attached hydrogen (secondary N) is 1. The number of likely N-dealkylation sites (tertiary alicyclic amines) is 1. The van der Waals surface area contributed by atoms with Gasteiger partial charge < -0.3 is 19.5 Å². The molecule has 1 aromatic carbocycles. The normalized spacial score (nSPS) is 16.4. The van der Waals surface area contributed by atoms with Gasteiger partial charge in [-0.2, -0.15) is 5.26 Å². The van der Waals surface area contributed by atoms with Crippen molar-refractivity contribution in [1.82, 2.24) is 14.8 Å². The lowest BCUT2D eigenvalue weighted by atomic mass is 10.0. The van der Waals surface area contributed by atoms with Gasteiger partial charge in [-0.05, 0) is 68.7 Å². The Morgan fingerprint density at radius 3 is 2.62 bits per heavy atom. The molecule has 1 aromatic heterocycles. The van der Waals surface area contributed by atoms with Crippen molar-refractivity contribution in [2.24, 2.45) is 0 Å². The smallest absolute Gasteiger partial charge is 0.264 e. The van der Waals surface area contributed by atoms with Gasteiger partial charge >= 0.3 is 0 Å². The van der Waals surface area contributed by atoms with E-state index in [4.69, 9.17) is 4.74 Å². The summed E-state index contributed by atoms with van der Waals surface area (Å²) in [5.74, 6) is 0.465. The number of hydrogen-bond acceptors (Lipinski definition) is 4. The predicted molar refractivity (Wildman–Crippen MR) is 123 cm³/mol. The molecule has 2 amide bonds. The van der Waals surface area contributed by atoms with E-state index in [0.29, 0.717) is 19.5 Å². The Bertz CT molecular complexity index is 1060. The third-order valence-electron chi connectivity index (χ3n) is 5.85. The molecule has 2 aromatic rings. The van der Waals surface area contributed by atoms with Crippen LogP contribution in [0.15, 0.2) is 35.9 Å². The Morgan fingerprint density at radius 1 is 1.28 bits per heavy atom. The number of carbonyl (C=O) groups is 2. The molecule has 7 heteroatoms. The van der Waals surface area contributed by atoms with E-state index >= 15 is 0 Å². The first kappa shape index (κ1) is 23.1. The number of ether oxygens (including phenoxy) is 1. The van der Waals surface area contributed by atoms with Crippen LogP contribution in [0.3, 0.4) is 0 Å². The summed E-state index contributed by atoms with van der Waals surface area (Å²) >= 11 is 0. The average Bonchev–Trinajstić information content (AvgIpc) is 3.09. The number of nitrogens with zero attached hydrogens (tertiary/aromatic N) is 3. The second kappa shape index (κ2) is 10.2. The zero-order chi connectivity index (χ0) is 23.3. The number of nitriles is 1. The van der Waals surface area contributed by atoms with E-state index in [9.17, 15) is 14.9 Å². The zero-order valence-electron chi connectivity index (χ0n) is 19.1. The number of hydrogen-bond donors (Lipinski definition) is 1. The molecule has 0 bridgehead atoms. The summed E-state index contributed by atoms with van der Waals surface area (Å²) in [7, 11) is 1.63. The minimum Gasteiger partial charge on any atom is -0.497 e. The Kier molecular flexibility index (Phi) is 7.37. The lowest BCUT2D eigenvalue weighted by Gasteiger charge is -2.33. The van der Waals surface area contributed by atoms with Crippen LogP contribution < -0.4 is 10.1 Å². The van der Waals surface area contributed by atoms with Crippen LogP contribution in [0.1, 0.15) is 43.1 Å². The molecule has 1 N–H and O–H groups in total. The number of carbonyl (C=O) groups excluding carboxylic acids is 2. The highest BCUT2D eigenvalue weighted by Crippen LogP contribution is 2.25. The molecule has 3 rings (SSSR count). The van der Waals surface area contributed by atoms with Gasteiger partial charge in [0.1, 0.15) is 17.4 Å². The summed E-state index contributed by atoms with van der Waals surface area (Å²) < 4.78 is 7.32. The molecule has 0 spiro atoms. The highest BCUT2D eigenvalue weighted by Gasteiger charge is 2.26. The predicted octanol–water partition coefficient (Wildman–Crippen LogP) is 3.53. The first-order valence-electron chi connectivity index (χ1n) is 10.9. The lowest BCUT2D eigenvalue weighted by Crippen LogP contribution is -2.49. The maximum Gasteiger partial charge on any atom is 0.264 e. The van der Waals surface area contributed by atoms with Gasteiger partial charge in [-0.1, -0.05) is 6.92 Å². The number of amides is 2. The van der Waals surface area contributed by atoms with Crippen LogP contribution >= 0.6 is 0 Å². The summed E-state index contributed by atoms with van der Waals surface area (Å²) in [6.45, 7) is 6.78. The van der Waals surface area contributed by atoms with Crippen molar-refractivity contribution in [1.29, 1.82) is 5.26 Å². The van der Waals surface area contributed by atoms with Crippen LogP contribution in [0.4, 0.5) is 0 Å². The zero-order valence-corrected chi connectivity index (χ0v) is 19.1. The van der Waals surface area contributed by atoms with E-state index in [-0.39, 0.29) is 23.4 Å². The number of rotatable bonds is 6. The Hall–Kier alpha value is -3.53. The fourth-order valence-corrected chi connectivity index (χ4v) is 4.14. The third kappa shape index (κ3) is 5.02. The van der Waals surface area contributed by atoms with E-state index in [0.717, 1.165) is 41.2 Å². The Labute approximate surface area is 189 Å². The molecule has 0 aliphatic carbocycles. The molecule has 0 saturated carbocycles. The van der Waals surface area contributed by atoms with E-state index in [1.54, 1.807) is 25.0 Å². The van der Waals surface area contributed by atoms with Crippen LogP contribution in [-0.4, -0.2) is 47.5 Å². The van der Waals surface area contributed by atoms with Crippen LogP contribution in [0.25, 0.3) is 11.8 Å². The molecule has 1 unspecified atom stereocenters. The Morgan fingerprint density at radius 2 is 2.00 bits per heavy atom. The summed E-state index contributed by atoms with van der Waals surface area (Å²) in [5, 5.41) is 12.7. The molecule has 2 heterocycles. The molecule has 1 atom stereocenters. The van der Waals surface area contributed by atoms with Gasteiger partial charge in [0.25, 0.3) is 5.91 Å². The Balaban J connectivity index is 1.83. The molecule has 1 saturated heterocycles. The molecule has 1 aliphatic rings. The average molecular weight is 435 g/mol. The number of aryl methyl sites for hydroxylation is 1. The molecule has 1 fully saturated rings. The monoisotopic (exact) mass is 434 g/mol. The topological polar surface area (TPSA) is 87.4 Å². The van der Waals surface area contributed by atoms with Gasteiger partial charge in [-0.15, -0.1) is 0 Å². The maximum atomic E-state index is 13.1. The van der Waals surface area contributed by atoms with E-state index in [1.165, 1.54) is 0 Å².